The van der Waals surface area contributed by atoms with Gasteiger partial charge in [0.1, 0.15) is 0 Å². The Morgan fingerprint density at radius 2 is 2.19 bits per heavy atom. The third-order valence-corrected chi connectivity index (χ3v) is 3.48. The van der Waals surface area contributed by atoms with Crippen LogP contribution in [0, 0.1) is 5.92 Å². The van der Waals surface area contributed by atoms with Crippen molar-refractivity contribution < 1.29 is 9.47 Å². The van der Waals surface area contributed by atoms with E-state index in [1.54, 1.807) is 7.11 Å². The van der Waals surface area contributed by atoms with E-state index in [4.69, 9.17) is 9.47 Å². The first-order valence-corrected chi connectivity index (χ1v) is 6.46. The SMILES string of the molecule is CCNCC1CCCOC1CC(C)(C)OC. The van der Waals surface area contributed by atoms with Gasteiger partial charge in [-0.05, 0) is 39.2 Å². The molecule has 1 heterocycles. The van der Waals surface area contributed by atoms with E-state index < -0.39 is 0 Å². The molecule has 2 unspecified atom stereocenters. The van der Waals surface area contributed by atoms with Crippen molar-refractivity contribution in [2.24, 2.45) is 5.92 Å². The molecule has 0 bridgehead atoms. The molecular weight excluding hydrogens is 202 g/mol. The molecular formula is C13H27NO2. The molecule has 0 aromatic heterocycles. The second-order valence-corrected chi connectivity index (χ2v) is 5.29. The van der Waals surface area contributed by atoms with Gasteiger partial charge in [0.05, 0.1) is 11.7 Å². The van der Waals surface area contributed by atoms with Gasteiger partial charge < -0.3 is 14.8 Å². The zero-order valence-corrected chi connectivity index (χ0v) is 11.2. The van der Waals surface area contributed by atoms with Gasteiger partial charge in [-0.15, -0.1) is 0 Å². The summed E-state index contributed by atoms with van der Waals surface area (Å²) in [7, 11) is 1.78. The minimum Gasteiger partial charge on any atom is -0.379 e. The normalized spacial score (nSPS) is 27.0. The molecule has 96 valence electrons. The Hall–Kier alpha value is -0.120. The monoisotopic (exact) mass is 229 g/mol. The van der Waals surface area contributed by atoms with Gasteiger partial charge in [0.15, 0.2) is 0 Å². The molecule has 1 N–H and O–H groups in total. The Kier molecular flexibility index (Phi) is 5.73. The summed E-state index contributed by atoms with van der Waals surface area (Å²) in [5.41, 5.74) is -0.0769. The first-order valence-electron chi connectivity index (χ1n) is 6.46. The fraction of sp³-hybridized carbons (Fsp3) is 1.00. The van der Waals surface area contributed by atoms with Gasteiger partial charge in [0.2, 0.25) is 0 Å². The average Bonchev–Trinajstić information content (AvgIpc) is 2.27. The van der Waals surface area contributed by atoms with E-state index in [1.165, 1.54) is 12.8 Å². The van der Waals surface area contributed by atoms with Crippen LogP contribution in [0.5, 0.6) is 0 Å². The fourth-order valence-electron chi connectivity index (χ4n) is 2.26. The number of rotatable bonds is 6. The zero-order chi connectivity index (χ0) is 12.0. The topological polar surface area (TPSA) is 30.5 Å². The van der Waals surface area contributed by atoms with Crippen LogP contribution in [0.25, 0.3) is 0 Å². The van der Waals surface area contributed by atoms with Gasteiger partial charge >= 0.3 is 0 Å². The van der Waals surface area contributed by atoms with Gasteiger partial charge in [0.25, 0.3) is 0 Å². The summed E-state index contributed by atoms with van der Waals surface area (Å²) in [6.07, 6.45) is 3.81. The molecule has 1 saturated heterocycles. The number of nitrogens with one attached hydrogen (secondary N) is 1. The first-order chi connectivity index (χ1) is 7.59. The molecule has 3 nitrogen and oxygen atoms in total. The first kappa shape index (κ1) is 13.9. The summed E-state index contributed by atoms with van der Waals surface area (Å²) >= 11 is 0. The van der Waals surface area contributed by atoms with E-state index in [0.29, 0.717) is 12.0 Å². The van der Waals surface area contributed by atoms with E-state index in [1.807, 2.05) is 0 Å². The number of hydrogen-bond acceptors (Lipinski definition) is 3. The van der Waals surface area contributed by atoms with E-state index in [2.05, 4.69) is 26.1 Å². The van der Waals surface area contributed by atoms with E-state index in [9.17, 15) is 0 Å². The second-order valence-electron chi connectivity index (χ2n) is 5.29. The molecule has 2 atom stereocenters. The van der Waals surface area contributed by atoms with Gasteiger partial charge in [-0.1, -0.05) is 6.92 Å². The maximum atomic E-state index is 5.91. The third-order valence-electron chi connectivity index (χ3n) is 3.48. The lowest BCUT2D eigenvalue weighted by Crippen LogP contribution is -2.41. The minimum absolute atomic E-state index is 0.0769. The van der Waals surface area contributed by atoms with Crippen molar-refractivity contribution in [1.82, 2.24) is 5.32 Å². The van der Waals surface area contributed by atoms with Crippen molar-refractivity contribution in [3.63, 3.8) is 0 Å². The third kappa shape index (κ3) is 4.40. The highest BCUT2D eigenvalue weighted by molar-refractivity contribution is 4.82. The number of methoxy groups -OCH3 is 1. The van der Waals surface area contributed by atoms with Crippen LogP contribution in [0.4, 0.5) is 0 Å². The van der Waals surface area contributed by atoms with Crippen LogP contribution in [0.15, 0.2) is 0 Å². The van der Waals surface area contributed by atoms with Crippen LogP contribution in [0.1, 0.15) is 40.0 Å². The quantitative estimate of drug-likeness (QED) is 0.757. The minimum atomic E-state index is -0.0769. The van der Waals surface area contributed by atoms with Gasteiger partial charge in [-0.25, -0.2) is 0 Å². The van der Waals surface area contributed by atoms with Crippen LogP contribution < -0.4 is 5.32 Å². The van der Waals surface area contributed by atoms with Gasteiger partial charge in [-0.3, -0.25) is 0 Å². The molecule has 1 aliphatic heterocycles. The lowest BCUT2D eigenvalue weighted by atomic mass is 9.87. The molecule has 0 spiro atoms. The van der Waals surface area contributed by atoms with Gasteiger partial charge in [0, 0.05) is 26.7 Å². The van der Waals surface area contributed by atoms with Crippen molar-refractivity contribution >= 4 is 0 Å². The van der Waals surface area contributed by atoms with Crippen molar-refractivity contribution in [3.05, 3.63) is 0 Å². The highest BCUT2D eigenvalue weighted by atomic mass is 16.5. The van der Waals surface area contributed by atoms with Crippen LogP contribution in [0.2, 0.25) is 0 Å². The van der Waals surface area contributed by atoms with Gasteiger partial charge in [-0.2, -0.15) is 0 Å². The highest BCUT2D eigenvalue weighted by Gasteiger charge is 2.31. The molecule has 3 heteroatoms. The Labute approximate surface area is 99.9 Å². The molecule has 0 amide bonds. The molecule has 1 fully saturated rings. The largest absolute Gasteiger partial charge is 0.379 e. The van der Waals surface area contributed by atoms with Crippen molar-refractivity contribution in [2.75, 3.05) is 26.8 Å². The number of ether oxygens (including phenoxy) is 2. The zero-order valence-electron chi connectivity index (χ0n) is 11.2. The Bertz CT molecular complexity index is 194. The Balaban J connectivity index is 2.46. The van der Waals surface area contributed by atoms with E-state index >= 15 is 0 Å². The molecule has 0 radical (unpaired) electrons. The summed E-state index contributed by atoms with van der Waals surface area (Å²) < 4.78 is 11.4. The van der Waals surface area contributed by atoms with Crippen molar-refractivity contribution in [2.45, 2.75) is 51.7 Å². The van der Waals surface area contributed by atoms with E-state index in [-0.39, 0.29) is 5.60 Å². The second kappa shape index (κ2) is 6.58. The Morgan fingerprint density at radius 3 is 2.81 bits per heavy atom. The summed E-state index contributed by atoms with van der Waals surface area (Å²) in [6, 6.07) is 0. The van der Waals surface area contributed by atoms with E-state index in [0.717, 1.165) is 26.1 Å². The predicted molar refractivity (Wildman–Crippen MR) is 66.7 cm³/mol. The van der Waals surface area contributed by atoms with Crippen LogP contribution in [-0.2, 0) is 9.47 Å². The molecule has 0 aromatic rings. The smallest absolute Gasteiger partial charge is 0.0647 e. The maximum Gasteiger partial charge on any atom is 0.0647 e. The lowest BCUT2D eigenvalue weighted by molar-refractivity contribution is -0.0832. The predicted octanol–water partition coefficient (Wildman–Crippen LogP) is 2.21. The number of hydrogen-bond donors (Lipinski definition) is 1. The Morgan fingerprint density at radius 1 is 1.44 bits per heavy atom. The van der Waals surface area contributed by atoms with Crippen molar-refractivity contribution in [3.8, 4) is 0 Å². The standard InChI is InChI=1S/C13H27NO2/c1-5-14-10-11-7-6-8-16-12(11)9-13(2,3)15-4/h11-12,14H,5-10H2,1-4H3. The molecule has 1 aliphatic rings. The summed E-state index contributed by atoms with van der Waals surface area (Å²) in [5.74, 6) is 0.642. The lowest BCUT2D eigenvalue weighted by Gasteiger charge is -2.36. The van der Waals surface area contributed by atoms with Crippen LogP contribution in [-0.4, -0.2) is 38.5 Å². The average molecular weight is 229 g/mol. The van der Waals surface area contributed by atoms with Crippen molar-refractivity contribution in [1.29, 1.82) is 0 Å². The summed E-state index contributed by atoms with van der Waals surface area (Å²) in [5, 5.41) is 3.43. The maximum absolute atomic E-state index is 5.91. The fourth-order valence-corrected chi connectivity index (χ4v) is 2.26. The van der Waals surface area contributed by atoms with Crippen LogP contribution in [0.3, 0.4) is 0 Å². The molecule has 0 aliphatic carbocycles. The highest BCUT2D eigenvalue weighted by Crippen LogP contribution is 2.28. The summed E-state index contributed by atoms with van der Waals surface area (Å²) in [4.78, 5) is 0. The van der Waals surface area contributed by atoms with Crippen LogP contribution >= 0.6 is 0 Å². The summed E-state index contributed by atoms with van der Waals surface area (Å²) in [6.45, 7) is 9.44. The molecule has 1 rings (SSSR count). The molecule has 16 heavy (non-hydrogen) atoms. The molecule has 0 aromatic carbocycles. The molecule has 0 saturated carbocycles.